The zero-order valence-corrected chi connectivity index (χ0v) is 28.9. The van der Waals surface area contributed by atoms with Gasteiger partial charge in [0.2, 0.25) is 0 Å². The molecule has 9 aromatic rings. The molecule has 2 aromatic heterocycles. The number of hydrogen-bond donors (Lipinski definition) is 0. The molecule has 0 amide bonds. The third-order valence-electron chi connectivity index (χ3n) is 10.6. The number of hydrogen-bond acceptors (Lipinski definition) is 3. The molecule has 2 nitrogen and oxygen atoms in total. The van der Waals surface area contributed by atoms with Gasteiger partial charge in [-0.3, -0.25) is 0 Å². The minimum Gasteiger partial charge on any atom is -0.228 e. The van der Waals surface area contributed by atoms with Crippen LogP contribution in [0.3, 0.4) is 0 Å². The third kappa shape index (κ3) is 4.70. The maximum Gasteiger partial charge on any atom is 0.160 e. The molecule has 7 aromatic carbocycles. The highest BCUT2D eigenvalue weighted by molar-refractivity contribution is 7.26. The molecule has 1 aliphatic carbocycles. The lowest BCUT2D eigenvalue weighted by molar-refractivity contribution is 0.714. The van der Waals surface area contributed by atoms with Crippen LogP contribution in [-0.4, -0.2) is 9.97 Å². The van der Waals surface area contributed by atoms with E-state index in [1.165, 1.54) is 59.1 Å². The Morgan fingerprint density at radius 2 is 1.06 bits per heavy atom. The first-order chi connectivity index (χ1) is 25.2. The summed E-state index contributed by atoms with van der Waals surface area (Å²) in [6.45, 7) is 2.36. The SMILES string of the molecule is CC1(c2ccccc2)c2ccccc2-c2ccc(-c3cc(-c4ccccc4-c4cccc5c4sc4ccccc45)nc(-c4ccccc4)n3)cc21. The molecule has 0 N–H and O–H groups in total. The van der Waals surface area contributed by atoms with Gasteiger partial charge in [-0.25, -0.2) is 9.97 Å². The summed E-state index contributed by atoms with van der Waals surface area (Å²) >= 11 is 1.86. The fraction of sp³-hybridized carbons (Fsp3) is 0.0417. The molecule has 0 radical (unpaired) electrons. The number of rotatable bonds is 5. The van der Waals surface area contributed by atoms with Gasteiger partial charge in [-0.15, -0.1) is 11.3 Å². The first-order valence-corrected chi connectivity index (χ1v) is 18.2. The van der Waals surface area contributed by atoms with E-state index in [4.69, 9.17) is 9.97 Å². The lowest BCUT2D eigenvalue weighted by Gasteiger charge is -2.28. The molecule has 0 bridgehead atoms. The summed E-state index contributed by atoms with van der Waals surface area (Å²) in [6, 6.07) is 63.2. The van der Waals surface area contributed by atoms with Crippen LogP contribution in [0.4, 0.5) is 0 Å². The fourth-order valence-electron chi connectivity index (χ4n) is 8.08. The highest BCUT2D eigenvalue weighted by atomic mass is 32.1. The summed E-state index contributed by atoms with van der Waals surface area (Å²) < 4.78 is 2.59. The minimum absolute atomic E-state index is 0.295. The largest absolute Gasteiger partial charge is 0.228 e. The summed E-state index contributed by atoms with van der Waals surface area (Å²) in [7, 11) is 0. The van der Waals surface area contributed by atoms with Gasteiger partial charge in [-0.1, -0.05) is 158 Å². The van der Waals surface area contributed by atoms with Crippen LogP contribution >= 0.6 is 11.3 Å². The van der Waals surface area contributed by atoms with Crippen LogP contribution in [-0.2, 0) is 5.41 Å². The minimum atomic E-state index is -0.295. The van der Waals surface area contributed by atoms with Crippen molar-refractivity contribution in [2.24, 2.45) is 0 Å². The predicted octanol–water partition coefficient (Wildman–Crippen LogP) is 12.8. The van der Waals surface area contributed by atoms with Crippen LogP contribution in [0.25, 0.3) is 76.3 Å². The highest BCUT2D eigenvalue weighted by Crippen LogP contribution is 2.53. The Bertz CT molecular complexity index is 2760. The maximum absolute atomic E-state index is 5.28. The molecular formula is C48H32N2S. The van der Waals surface area contributed by atoms with E-state index in [0.717, 1.165) is 28.1 Å². The first-order valence-electron chi connectivity index (χ1n) is 17.4. The van der Waals surface area contributed by atoms with Crippen molar-refractivity contribution in [3.8, 4) is 56.2 Å². The summed E-state index contributed by atoms with van der Waals surface area (Å²) in [4.78, 5) is 10.5. The van der Waals surface area contributed by atoms with E-state index in [1.807, 2.05) is 17.4 Å². The molecule has 2 heterocycles. The number of benzene rings is 7. The Balaban J connectivity index is 1.19. The Hall–Kier alpha value is -6.16. The summed E-state index contributed by atoms with van der Waals surface area (Å²) in [5.74, 6) is 0.715. The van der Waals surface area contributed by atoms with Crippen molar-refractivity contribution in [3.63, 3.8) is 0 Å². The van der Waals surface area contributed by atoms with Crippen LogP contribution in [0, 0.1) is 0 Å². The fourth-order valence-corrected chi connectivity index (χ4v) is 9.31. The maximum atomic E-state index is 5.28. The van der Waals surface area contributed by atoms with Gasteiger partial charge in [0.05, 0.1) is 11.4 Å². The van der Waals surface area contributed by atoms with Gasteiger partial charge in [-0.2, -0.15) is 0 Å². The molecular weight excluding hydrogens is 637 g/mol. The van der Waals surface area contributed by atoms with Crippen molar-refractivity contribution in [2.75, 3.05) is 0 Å². The number of nitrogens with zero attached hydrogens (tertiary/aromatic N) is 2. The smallest absolute Gasteiger partial charge is 0.160 e. The van der Waals surface area contributed by atoms with Crippen molar-refractivity contribution in [3.05, 3.63) is 193 Å². The second-order valence-corrected chi connectivity index (χ2v) is 14.5. The van der Waals surface area contributed by atoms with Gasteiger partial charge < -0.3 is 0 Å². The molecule has 0 fully saturated rings. The molecule has 1 unspecified atom stereocenters. The summed E-state index contributed by atoms with van der Waals surface area (Å²) in [6.07, 6.45) is 0. The van der Waals surface area contributed by atoms with Gasteiger partial charge >= 0.3 is 0 Å². The Morgan fingerprint density at radius 3 is 1.90 bits per heavy atom. The number of thiophene rings is 1. The lowest BCUT2D eigenvalue weighted by atomic mass is 9.74. The van der Waals surface area contributed by atoms with E-state index in [-0.39, 0.29) is 5.41 Å². The predicted molar refractivity (Wildman–Crippen MR) is 214 cm³/mol. The molecule has 3 heteroatoms. The average molecular weight is 669 g/mol. The van der Waals surface area contributed by atoms with Crippen LogP contribution in [0.5, 0.6) is 0 Å². The van der Waals surface area contributed by atoms with Crippen molar-refractivity contribution in [1.29, 1.82) is 0 Å². The normalized spacial score (nSPS) is 14.8. The number of fused-ring (bicyclic) bond motifs is 6. The molecule has 1 aliphatic rings. The van der Waals surface area contributed by atoms with Crippen molar-refractivity contribution < 1.29 is 0 Å². The highest BCUT2D eigenvalue weighted by Gasteiger charge is 2.40. The molecule has 10 rings (SSSR count). The van der Waals surface area contributed by atoms with Crippen molar-refractivity contribution >= 4 is 31.5 Å². The van der Waals surface area contributed by atoms with E-state index in [2.05, 4.69) is 177 Å². The second kappa shape index (κ2) is 11.7. The van der Waals surface area contributed by atoms with Crippen molar-refractivity contribution in [1.82, 2.24) is 9.97 Å². The molecule has 0 aliphatic heterocycles. The lowest BCUT2D eigenvalue weighted by Crippen LogP contribution is -2.22. The average Bonchev–Trinajstić information content (AvgIpc) is 3.72. The van der Waals surface area contributed by atoms with E-state index < -0.39 is 0 Å². The topological polar surface area (TPSA) is 25.8 Å². The van der Waals surface area contributed by atoms with Gasteiger partial charge in [0.15, 0.2) is 5.82 Å². The monoisotopic (exact) mass is 668 g/mol. The van der Waals surface area contributed by atoms with Crippen LogP contribution in [0.15, 0.2) is 176 Å². The van der Waals surface area contributed by atoms with Gasteiger partial charge in [0, 0.05) is 47.8 Å². The van der Waals surface area contributed by atoms with E-state index in [9.17, 15) is 0 Å². The van der Waals surface area contributed by atoms with Crippen LogP contribution in [0.1, 0.15) is 23.6 Å². The van der Waals surface area contributed by atoms with E-state index in [0.29, 0.717) is 5.82 Å². The first kappa shape index (κ1) is 29.7. The van der Waals surface area contributed by atoms with E-state index in [1.54, 1.807) is 0 Å². The Labute approximate surface area is 301 Å². The zero-order valence-electron chi connectivity index (χ0n) is 28.0. The van der Waals surface area contributed by atoms with Gasteiger partial charge in [-0.05, 0) is 58.5 Å². The molecule has 0 saturated carbocycles. The van der Waals surface area contributed by atoms with Crippen LogP contribution in [0.2, 0.25) is 0 Å². The van der Waals surface area contributed by atoms with E-state index >= 15 is 0 Å². The van der Waals surface area contributed by atoms with Crippen LogP contribution < -0.4 is 0 Å². The van der Waals surface area contributed by atoms with Gasteiger partial charge in [0.25, 0.3) is 0 Å². The molecule has 0 spiro atoms. The second-order valence-electron chi connectivity index (χ2n) is 13.5. The van der Waals surface area contributed by atoms with Crippen molar-refractivity contribution in [2.45, 2.75) is 12.3 Å². The molecule has 51 heavy (non-hydrogen) atoms. The molecule has 240 valence electrons. The Kier molecular flexibility index (Phi) is 6.83. The Morgan fingerprint density at radius 1 is 0.431 bits per heavy atom. The standard InChI is InChI=1S/C48H32N2S/c1-48(33-17-6-3-7-18-33)41-25-12-10-20-35(41)36-28-27-32(29-42(36)48)43-30-44(50-47(49-43)31-15-4-2-5-16-31)37-21-9-8-19-34(37)39-23-14-24-40-38-22-11-13-26-45(38)51-46(39)40/h2-30H,1H3. The molecule has 1 atom stereocenters. The zero-order chi connectivity index (χ0) is 33.9. The summed E-state index contributed by atoms with van der Waals surface area (Å²) in [5.41, 5.74) is 13.5. The third-order valence-corrected chi connectivity index (χ3v) is 11.8. The quantitative estimate of drug-likeness (QED) is 0.182. The molecule has 0 saturated heterocycles. The summed E-state index contributed by atoms with van der Waals surface area (Å²) in [5, 5.41) is 2.59. The van der Waals surface area contributed by atoms with Gasteiger partial charge in [0.1, 0.15) is 0 Å². The number of aromatic nitrogens is 2.